The van der Waals surface area contributed by atoms with Crippen LogP contribution in [-0.2, 0) is 4.79 Å². The SMILES string of the molecule is CC(Sc1nccs1)C(=O)Nc1c(N)cc(Cl)cc1Cl. The molecule has 2 aromatic rings. The Hall–Kier alpha value is -0.950. The number of thiazole rings is 1. The molecule has 0 aliphatic carbocycles. The Balaban J connectivity index is 2.08. The number of hydrogen-bond donors (Lipinski definition) is 2. The largest absolute Gasteiger partial charge is 0.397 e. The van der Waals surface area contributed by atoms with E-state index in [-0.39, 0.29) is 11.2 Å². The lowest BCUT2D eigenvalue weighted by Gasteiger charge is -2.13. The number of nitrogens with two attached hydrogens (primary N) is 1. The molecule has 0 aliphatic heterocycles. The highest BCUT2D eigenvalue weighted by atomic mass is 35.5. The van der Waals surface area contributed by atoms with Crippen molar-refractivity contribution >= 4 is 63.6 Å². The molecule has 0 spiro atoms. The van der Waals surface area contributed by atoms with Gasteiger partial charge in [0.2, 0.25) is 5.91 Å². The van der Waals surface area contributed by atoms with Gasteiger partial charge in [-0.2, -0.15) is 0 Å². The first-order valence-corrected chi connectivity index (χ1v) is 8.10. The standard InChI is InChI=1S/C12H11Cl2N3OS2/c1-6(20-12-16-2-3-19-12)11(18)17-10-8(14)4-7(13)5-9(10)15/h2-6H,15H2,1H3,(H,17,18). The molecule has 1 unspecified atom stereocenters. The van der Waals surface area contributed by atoms with Crippen LogP contribution in [0.25, 0.3) is 0 Å². The molecular weight excluding hydrogens is 337 g/mol. The zero-order valence-corrected chi connectivity index (χ0v) is 13.5. The Morgan fingerprint density at radius 2 is 2.25 bits per heavy atom. The molecule has 1 atom stereocenters. The number of rotatable bonds is 4. The summed E-state index contributed by atoms with van der Waals surface area (Å²) in [4.78, 5) is 16.3. The predicted octanol–water partition coefficient (Wildman–Crippen LogP) is 4.15. The maximum atomic E-state index is 12.1. The van der Waals surface area contributed by atoms with Gasteiger partial charge in [-0.25, -0.2) is 4.98 Å². The summed E-state index contributed by atoms with van der Waals surface area (Å²) in [5, 5.41) is 5.01. The van der Waals surface area contributed by atoms with Gasteiger partial charge < -0.3 is 11.1 Å². The Morgan fingerprint density at radius 3 is 2.85 bits per heavy atom. The van der Waals surface area contributed by atoms with Crippen LogP contribution in [0.4, 0.5) is 11.4 Å². The number of nitrogens with zero attached hydrogens (tertiary/aromatic N) is 1. The molecular formula is C12H11Cl2N3OS2. The summed E-state index contributed by atoms with van der Waals surface area (Å²) in [6.45, 7) is 1.79. The molecule has 1 amide bonds. The van der Waals surface area contributed by atoms with E-state index in [9.17, 15) is 4.79 Å². The van der Waals surface area contributed by atoms with E-state index in [2.05, 4.69) is 10.3 Å². The number of aromatic nitrogens is 1. The van der Waals surface area contributed by atoms with Crippen molar-refractivity contribution in [3.05, 3.63) is 33.8 Å². The third kappa shape index (κ3) is 3.79. The fourth-order valence-electron chi connectivity index (χ4n) is 1.42. The molecule has 0 aliphatic rings. The number of nitrogen functional groups attached to an aromatic ring is 1. The van der Waals surface area contributed by atoms with Crippen LogP contribution in [0.2, 0.25) is 10.0 Å². The first-order valence-electron chi connectivity index (χ1n) is 5.59. The maximum Gasteiger partial charge on any atom is 0.237 e. The molecule has 4 nitrogen and oxygen atoms in total. The minimum absolute atomic E-state index is 0.193. The van der Waals surface area contributed by atoms with Crippen molar-refractivity contribution in [2.75, 3.05) is 11.1 Å². The van der Waals surface area contributed by atoms with Crippen molar-refractivity contribution in [1.29, 1.82) is 0 Å². The summed E-state index contributed by atoms with van der Waals surface area (Å²) in [5.74, 6) is -0.193. The van der Waals surface area contributed by atoms with Crippen LogP contribution >= 0.6 is 46.3 Å². The molecule has 8 heteroatoms. The highest BCUT2D eigenvalue weighted by Gasteiger charge is 2.18. The van der Waals surface area contributed by atoms with E-state index in [0.29, 0.717) is 21.4 Å². The van der Waals surface area contributed by atoms with E-state index in [1.807, 2.05) is 5.38 Å². The first-order chi connectivity index (χ1) is 9.47. The van der Waals surface area contributed by atoms with Crippen molar-refractivity contribution in [3.8, 4) is 0 Å². The molecule has 0 saturated carbocycles. The number of nitrogens with one attached hydrogen (secondary N) is 1. The molecule has 0 radical (unpaired) electrons. The fraction of sp³-hybridized carbons (Fsp3) is 0.167. The van der Waals surface area contributed by atoms with Gasteiger partial charge in [0.15, 0.2) is 4.34 Å². The average Bonchev–Trinajstić information content (AvgIpc) is 2.86. The molecule has 0 bridgehead atoms. The Kier molecular flexibility index (Phi) is 5.15. The van der Waals surface area contributed by atoms with Gasteiger partial charge in [-0.1, -0.05) is 35.0 Å². The van der Waals surface area contributed by atoms with E-state index in [1.165, 1.54) is 29.2 Å². The number of amides is 1. The van der Waals surface area contributed by atoms with Gasteiger partial charge in [0.1, 0.15) is 0 Å². The van der Waals surface area contributed by atoms with E-state index in [4.69, 9.17) is 28.9 Å². The predicted molar refractivity (Wildman–Crippen MR) is 86.9 cm³/mol. The van der Waals surface area contributed by atoms with Crippen LogP contribution < -0.4 is 11.1 Å². The topological polar surface area (TPSA) is 68.0 Å². The Morgan fingerprint density at radius 1 is 1.50 bits per heavy atom. The van der Waals surface area contributed by atoms with Gasteiger partial charge in [0.05, 0.1) is 21.6 Å². The van der Waals surface area contributed by atoms with Gasteiger partial charge >= 0.3 is 0 Å². The van der Waals surface area contributed by atoms with E-state index >= 15 is 0 Å². The van der Waals surface area contributed by atoms with Gasteiger partial charge in [-0.3, -0.25) is 4.79 Å². The lowest BCUT2D eigenvalue weighted by atomic mass is 10.2. The van der Waals surface area contributed by atoms with Crippen LogP contribution in [0.5, 0.6) is 0 Å². The number of carbonyl (C=O) groups excluding carboxylic acids is 1. The molecule has 1 aromatic carbocycles. The van der Waals surface area contributed by atoms with Crippen molar-refractivity contribution in [3.63, 3.8) is 0 Å². The summed E-state index contributed by atoms with van der Waals surface area (Å²) in [5.41, 5.74) is 6.52. The van der Waals surface area contributed by atoms with Crippen LogP contribution in [0.15, 0.2) is 28.0 Å². The Bertz CT molecular complexity index is 596. The van der Waals surface area contributed by atoms with E-state index in [0.717, 1.165) is 4.34 Å². The molecule has 20 heavy (non-hydrogen) atoms. The van der Waals surface area contributed by atoms with Crippen LogP contribution in [0, 0.1) is 0 Å². The third-order valence-electron chi connectivity index (χ3n) is 2.39. The first kappa shape index (κ1) is 15.4. The number of carbonyl (C=O) groups is 1. The summed E-state index contributed by atoms with van der Waals surface area (Å²) in [6, 6.07) is 3.08. The highest BCUT2D eigenvalue weighted by Crippen LogP contribution is 2.33. The Labute approximate surface area is 134 Å². The molecule has 0 fully saturated rings. The minimum atomic E-state index is -0.313. The summed E-state index contributed by atoms with van der Waals surface area (Å²) in [7, 11) is 0. The molecule has 0 saturated heterocycles. The van der Waals surface area contributed by atoms with Gasteiger partial charge in [0.25, 0.3) is 0 Å². The van der Waals surface area contributed by atoms with Crippen molar-refractivity contribution < 1.29 is 4.79 Å². The van der Waals surface area contributed by atoms with Crippen LogP contribution in [-0.4, -0.2) is 16.1 Å². The molecule has 106 valence electrons. The zero-order chi connectivity index (χ0) is 14.7. The second-order valence-corrected chi connectivity index (χ2v) is 7.23. The number of benzene rings is 1. The van der Waals surface area contributed by atoms with E-state index in [1.54, 1.807) is 19.2 Å². The van der Waals surface area contributed by atoms with Crippen molar-refractivity contribution in [1.82, 2.24) is 4.98 Å². The third-order valence-corrected chi connectivity index (χ3v) is 4.92. The normalized spacial score (nSPS) is 12.2. The summed E-state index contributed by atoms with van der Waals surface area (Å²) >= 11 is 14.7. The second kappa shape index (κ2) is 6.67. The number of anilines is 2. The van der Waals surface area contributed by atoms with Crippen LogP contribution in [0.3, 0.4) is 0 Å². The van der Waals surface area contributed by atoms with Gasteiger partial charge in [0, 0.05) is 16.6 Å². The number of thioether (sulfide) groups is 1. The van der Waals surface area contributed by atoms with Crippen molar-refractivity contribution in [2.24, 2.45) is 0 Å². The lowest BCUT2D eigenvalue weighted by molar-refractivity contribution is -0.115. The maximum absolute atomic E-state index is 12.1. The lowest BCUT2D eigenvalue weighted by Crippen LogP contribution is -2.23. The van der Waals surface area contributed by atoms with Crippen molar-refractivity contribution in [2.45, 2.75) is 16.5 Å². The molecule has 3 N–H and O–H groups in total. The van der Waals surface area contributed by atoms with Gasteiger partial charge in [-0.15, -0.1) is 11.3 Å². The number of hydrogen-bond acceptors (Lipinski definition) is 5. The average molecular weight is 348 g/mol. The minimum Gasteiger partial charge on any atom is -0.397 e. The van der Waals surface area contributed by atoms with Crippen LogP contribution in [0.1, 0.15) is 6.92 Å². The van der Waals surface area contributed by atoms with E-state index < -0.39 is 0 Å². The summed E-state index contributed by atoms with van der Waals surface area (Å²) in [6.07, 6.45) is 1.70. The highest BCUT2D eigenvalue weighted by molar-refractivity contribution is 8.02. The smallest absolute Gasteiger partial charge is 0.237 e. The quantitative estimate of drug-likeness (QED) is 0.643. The zero-order valence-electron chi connectivity index (χ0n) is 10.4. The molecule has 2 rings (SSSR count). The second-order valence-electron chi connectivity index (χ2n) is 3.90. The molecule has 1 heterocycles. The summed E-state index contributed by atoms with van der Waals surface area (Å²) < 4.78 is 0.836. The fourth-order valence-corrected chi connectivity index (χ4v) is 3.75. The number of halogens is 2. The van der Waals surface area contributed by atoms with Gasteiger partial charge in [-0.05, 0) is 19.1 Å². The monoisotopic (exact) mass is 347 g/mol. The molecule has 1 aromatic heterocycles.